The van der Waals surface area contributed by atoms with Gasteiger partial charge in [-0.2, -0.15) is 0 Å². The number of carbonyl (C=O) groups excluding carboxylic acids is 4. The molecule has 2 aromatic heterocycles. The van der Waals surface area contributed by atoms with Crippen LogP contribution in [-0.2, 0) is 41.4 Å². The highest BCUT2D eigenvalue weighted by molar-refractivity contribution is 6.05. The number of alkyl carbamates (subject to hydrolysis) is 2. The minimum absolute atomic E-state index is 0.0216. The smallest absolute Gasteiger partial charge is 0.407 e. The Kier molecular flexibility index (Phi) is 12.9. The van der Waals surface area contributed by atoms with Gasteiger partial charge in [0.25, 0.3) is 0 Å². The summed E-state index contributed by atoms with van der Waals surface area (Å²) in [4.78, 5) is 74.2. The highest BCUT2D eigenvalue weighted by Gasteiger charge is 2.44. The van der Waals surface area contributed by atoms with E-state index in [1.807, 2.05) is 16.0 Å². The van der Waals surface area contributed by atoms with Gasteiger partial charge in [0, 0.05) is 56.4 Å². The fraction of sp³-hybridized carbons (Fsp3) is 0.529. The van der Waals surface area contributed by atoms with Crippen LogP contribution >= 0.6 is 0 Å². The maximum absolute atomic E-state index is 14.4. The molecule has 5 aromatic rings. The lowest BCUT2D eigenvalue weighted by Gasteiger charge is -2.36. The molecule has 67 heavy (non-hydrogen) atoms. The number of nitrogens with zero attached hydrogens (tertiary/aromatic N) is 4. The van der Waals surface area contributed by atoms with Crippen molar-refractivity contribution in [3.8, 4) is 22.4 Å². The highest BCUT2D eigenvalue weighted by Crippen LogP contribution is 2.43. The molecule has 3 aromatic carbocycles. The van der Waals surface area contributed by atoms with Crippen LogP contribution in [0, 0.1) is 11.8 Å². The number of imidazole rings is 2. The number of amides is 4. The molecule has 4 amide bonds. The van der Waals surface area contributed by atoms with Crippen LogP contribution in [0.3, 0.4) is 0 Å². The number of aromatic amines is 2. The monoisotopic (exact) mass is 914 g/mol. The van der Waals surface area contributed by atoms with Crippen LogP contribution in [0.5, 0.6) is 0 Å². The molecule has 0 radical (unpaired) electrons. The van der Waals surface area contributed by atoms with Crippen LogP contribution in [0.4, 0.5) is 9.59 Å². The van der Waals surface area contributed by atoms with Crippen molar-refractivity contribution in [3.05, 3.63) is 71.4 Å². The minimum atomic E-state index is -0.708. The van der Waals surface area contributed by atoms with Gasteiger partial charge >= 0.3 is 12.2 Å². The molecule has 4 aliphatic heterocycles. The van der Waals surface area contributed by atoms with Crippen molar-refractivity contribution in [2.45, 2.75) is 114 Å². The topological polar surface area (TPSA) is 193 Å². The minimum Gasteiger partial charge on any atom is -0.453 e. The van der Waals surface area contributed by atoms with E-state index < -0.39 is 18.2 Å². The molecular weight excluding hydrogens is 853 g/mol. The highest BCUT2D eigenvalue weighted by atomic mass is 16.5. The molecular formula is C51H62N8O8. The van der Waals surface area contributed by atoms with Crippen molar-refractivity contribution < 1.29 is 38.1 Å². The van der Waals surface area contributed by atoms with Crippen molar-refractivity contribution in [2.75, 3.05) is 47.2 Å². The van der Waals surface area contributed by atoms with E-state index in [-0.39, 0.29) is 47.8 Å². The summed E-state index contributed by atoms with van der Waals surface area (Å²) in [5.41, 5.74) is 8.90. The summed E-state index contributed by atoms with van der Waals surface area (Å²) in [6.45, 7) is 4.86. The summed E-state index contributed by atoms with van der Waals surface area (Å²) in [6, 6.07) is 13.9. The molecule has 354 valence electrons. The normalized spacial score (nSPS) is 22.9. The zero-order valence-corrected chi connectivity index (χ0v) is 38.7. The van der Waals surface area contributed by atoms with Gasteiger partial charge in [-0.25, -0.2) is 19.6 Å². The molecule has 16 heteroatoms. The van der Waals surface area contributed by atoms with Gasteiger partial charge in [-0.05, 0) is 129 Å². The summed E-state index contributed by atoms with van der Waals surface area (Å²) in [5, 5.41) is 7.81. The van der Waals surface area contributed by atoms with Gasteiger partial charge in [-0.15, -0.1) is 0 Å². The molecule has 6 heterocycles. The van der Waals surface area contributed by atoms with E-state index in [0.717, 1.165) is 108 Å². The SMILES string of the molecule is COC(=O)NC[C@H]1CC[C@@H](c2ncc(-c3ccc(-c4ccc5c(ccc6[nH]c([C@@H]7CC[C@H](C)N7C(=O)C(NC(=O)OC)C7CCOCC7)nc65)c4)c4c3CCC4)[nH]2)N1C(=O)CC1CCOCC1. The number of hydrogen-bond donors (Lipinski definition) is 4. The number of carbonyl (C=O) groups is 4. The van der Waals surface area contributed by atoms with Gasteiger partial charge in [-0.1, -0.05) is 30.3 Å². The molecule has 4 fully saturated rings. The van der Waals surface area contributed by atoms with Crippen LogP contribution in [0.15, 0.2) is 48.7 Å². The van der Waals surface area contributed by atoms with E-state index in [0.29, 0.717) is 52.2 Å². The molecule has 5 aliphatic rings. The largest absolute Gasteiger partial charge is 0.453 e. The lowest BCUT2D eigenvalue weighted by atomic mass is 9.90. The zero-order chi connectivity index (χ0) is 46.2. The third kappa shape index (κ3) is 8.85. The number of likely N-dealkylation sites (tertiary alicyclic amines) is 2. The van der Waals surface area contributed by atoms with E-state index in [4.69, 9.17) is 28.9 Å². The third-order valence-electron chi connectivity index (χ3n) is 15.2. The van der Waals surface area contributed by atoms with Crippen LogP contribution in [-0.4, -0.2) is 119 Å². The quantitative estimate of drug-likeness (QED) is 0.102. The number of H-pyrrole nitrogens is 2. The van der Waals surface area contributed by atoms with Crippen LogP contribution in [0.25, 0.3) is 44.2 Å². The summed E-state index contributed by atoms with van der Waals surface area (Å²) < 4.78 is 20.9. The summed E-state index contributed by atoms with van der Waals surface area (Å²) in [7, 11) is 2.67. The van der Waals surface area contributed by atoms with E-state index in [9.17, 15) is 19.2 Å². The predicted molar refractivity (Wildman–Crippen MR) is 251 cm³/mol. The van der Waals surface area contributed by atoms with Crippen molar-refractivity contribution in [3.63, 3.8) is 0 Å². The fourth-order valence-corrected chi connectivity index (χ4v) is 11.7. The molecule has 10 rings (SSSR count). The average molecular weight is 915 g/mol. The van der Waals surface area contributed by atoms with E-state index in [1.54, 1.807) is 0 Å². The first-order valence-electron chi connectivity index (χ1n) is 24.3. The van der Waals surface area contributed by atoms with Crippen LogP contribution < -0.4 is 10.6 Å². The van der Waals surface area contributed by atoms with Crippen LogP contribution in [0.1, 0.15) is 106 Å². The second-order valence-corrected chi connectivity index (χ2v) is 19.1. The number of methoxy groups -OCH3 is 2. The number of hydrogen-bond acceptors (Lipinski definition) is 10. The first-order valence-corrected chi connectivity index (χ1v) is 24.3. The van der Waals surface area contributed by atoms with E-state index in [2.05, 4.69) is 70.0 Å². The number of benzene rings is 3. The van der Waals surface area contributed by atoms with Gasteiger partial charge in [0.1, 0.15) is 17.7 Å². The third-order valence-corrected chi connectivity index (χ3v) is 15.2. The van der Waals surface area contributed by atoms with E-state index in [1.165, 1.54) is 30.9 Å². The number of nitrogens with one attached hydrogen (secondary N) is 4. The summed E-state index contributed by atoms with van der Waals surface area (Å²) in [5.74, 6) is 1.73. The number of ether oxygens (including phenoxy) is 4. The number of aromatic nitrogens is 4. The van der Waals surface area contributed by atoms with Crippen LogP contribution in [0.2, 0.25) is 0 Å². The molecule has 1 aliphatic carbocycles. The average Bonchev–Trinajstić information content (AvgIpc) is 4.22. The lowest BCUT2D eigenvalue weighted by Crippen LogP contribution is -2.54. The van der Waals surface area contributed by atoms with Gasteiger partial charge in [0.05, 0.1) is 55.3 Å². The molecule has 0 spiro atoms. The van der Waals surface area contributed by atoms with Gasteiger partial charge in [0.15, 0.2) is 0 Å². The fourth-order valence-electron chi connectivity index (χ4n) is 11.7. The lowest BCUT2D eigenvalue weighted by molar-refractivity contribution is -0.139. The molecule has 4 N–H and O–H groups in total. The van der Waals surface area contributed by atoms with Crippen molar-refractivity contribution in [1.82, 2.24) is 40.4 Å². The summed E-state index contributed by atoms with van der Waals surface area (Å²) in [6.07, 6.45) is 10.5. The Morgan fingerprint density at radius 1 is 0.791 bits per heavy atom. The Labute approximate surface area is 390 Å². The zero-order valence-electron chi connectivity index (χ0n) is 38.7. The standard InChI is InChI=1S/C51H62N8O8/c1-29-7-15-43(58(29)49(61)45(57-51(63)65-3)31-19-23-67-24-20-31)48-54-40-14-9-33-26-32(8-11-36(33)46(40)56-48)35-12-13-39(38-6-4-5-37(35)38)41-28-52-47(55-41)42-16-10-34(27-53-50(62)64-2)59(42)44(60)25-30-17-21-66-22-18-30/h8-9,11-14,26,28-31,34,42-43,45H,4-7,10,15-25,27H2,1-3H3,(H,52,55)(H,53,62)(H,54,56)(H,57,63)/t29-,34+,42-,43-,45?/m0/s1. The van der Waals surface area contributed by atoms with Crippen molar-refractivity contribution in [1.29, 1.82) is 0 Å². The molecule has 0 saturated carbocycles. The number of fused-ring (bicyclic) bond motifs is 4. The maximum Gasteiger partial charge on any atom is 0.407 e. The molecule has 0 bridgehead atoms. The van der Waals surface area contributed by atoms with Crippen molar-refractivity contribution in [2.24, 2.45) is 11.8 Å². The molecule has 1 unspecified atom stereocenters. The Balaban J connectivity index is 0.898. The Bertz CT molecular complexity index is 2650. The Morgan fingerprint density at radius 3 is 2.28 bits per heavy atom. The van der Waals surface area contributed by atoms with Gasteiger partial charge < -0.3 is 49.3 Å². The first-order chi connectivity index (χ1) is 32.7. The van der Waals surface area contributed by atoms with Gasteiger partial charge in [0.2, 0.25) is 11.8 Å². The second-order valence-electron chi connectivity index (χ2n) is 19.1. The molecule has 4 saturated heterocycles. The number of rotatable bonds is 11. The summed E-state index contributed by atoms with van der Waals surface area (Å²) >= 11 is 0. The predicted octanol–water partition coefficient (Wildman–Crippen LogP) is 7.67. The Morgan fingerprint density at radius 2 is 1.51 bits per heavy atom. The maximum atomic E-state index is 14.4. The van der Waals surface area contributed by atoms with Crippen molar-refractivity contribution >= 4 is 45.8 Å². The van der Waals surface area contributed by atoms with Gasteiger partial charge in [-0.3, -0.25) is 9.59 Å². The second kappa shape index (κ2) is 19.3. The molecule has 5 atom stereocenters. The first kappa shape index (κ1) is 44.8. The Hall–Kier alpha value is -6.00. The molecule has 16 nitrogen and oxygen atoms in total. The van der Waals surface area contributed by atoms with E-state index >= 15 is 0 Å².